The molecule has 0 saturated heterocycles. The summed E-state index contributed by atoms with van der Waals surface area (Å²) in [7, 11) is 0. The normalized spacial score (nSPS) is 20.2. The van der Waals surface area contributed by atoms with Gasteiger partial charge in [-0.15, -0.1) is 0 Å². The smallest absolute Gasteiger partial charge is 1.00 e. The van der Waals surface area contributed by atoms with Crippen molar-refractivity contribution in [1.82, 2.24) is 0 Å². The fourth-order valence-corrected chi connectivity index (χ4v) is 1.76. The molecule has 2 rings (SSSR count). The van der Waals surface area contributed by atoms with Gasteiger partial charge in [0, 0.05) is 25.7 Å². The third kappa shape index (κ3) is 7.58. The van der Waals surface area contributed by atoms with Gasteiger partial charge in [0.05, 0.1) is 12.8 Å². The standard InChI is InChI=1S/2C6H8O2.Na.H/c2*7-5-2-1-3-6(8)4-5;;/h2*1-4H2;;/q;;+1;-1. The third-order valence-corrected chi connectivity index (χ3v) is 2.61. The van der Waals surface area contributed by atoms with Crippen molar-refractivity contribution in [3.8, 4) is 0 Å². The molecule has 0 aliphatic heterocycles. The first-order valence-corrected chi connectivity index (χ1v) is 5.64. The van der Waals surface area contributed by atoms with E-state index in [1.807, 2.05) is 0 Å². The number of rotatable bonds is 0. The van der Waals surface area contributed by atoms with E-state index in [2.05, 4.69) is 0 Å². The van der Waals surface area contributed by atoms with E-state index in [4.69, 9.17) is 0 Å². The molecule has 0 aromatic rings. The number of hydrogen-bond donors (Lipinski definition) is 0. The second kappa shape index (κ2) is 8.72. The van der Waals surface area contributed by atoms with Crippen LogP contribution in [0.1, 0.15) is 52.8 Å². The number of ketones is 4. The Labute approximate surface area is 124 Å². The summed E-state index contributed by atoms with van der Waals surface area (Å²) in [6.07, 6.45) is 4.41. The molecule has 0 bridgehead atoms. The molecule has 2 fully saturated rings. The van der Waals surface area contributed by atoms with Crippen LogP contribution in [0.5, 0.6) is 0 Å². The summed E-state index contributed by atoms with van der Waals surface area (Å²) in [5.74, 6) is 0.449. The van der Waals surface area contributed by atoms with Gasteiger partial charge < -0.3 is 1.43 Å². The van der Waals surface area contributed by atoms with E-state index in [-0.39, 0.29) is 67.0 Å². The maximum atomic E-state index is 10.5. The monoisotopic (exact) mass is 248 g/mol. The summed E-state index contributed by atoms with van der Waals surface area (Å²) in [4.78, 5) is 41.8. The summed E-state index contributed by atoms with van der Waals surface area (Å²) in [6, 6.07) is 0. The van der Waals surface area contributed by atoms with Crippen LogP contribution >= 0.6 is 0 Å². The summed E-state index contributed by atoms with van der Waals surface area (Å²) < 4.78 is 0. The molecule has 0 atom stereocenters. The molecule has 0 unspecified atom stereocenters. The largest absolute Gasteiger partial charge is 1.00 e. The van der Waals surface area contributed by atoms with E-state index in [0.29, 0.717) is 25.7 Å². The fourth-order valence-electron chi connectivity index (χ4n) is 1.76. The van der Waals surface area contributed by atoms with Gasteiger partial charge in [0.15, 0.2) is 0 Å². The van der Waals surface area contributed by atoms with Crippen molar-refractivity contribution in [2.24, 2.45) is 0 Å². The van der Waals surface area contributed by atoms with Gasteiger partial charge in [0.1, 0.15) is 23.1 Å². The molecule has 0 aromatic heterocycles. The maximum absolute atomic E-state index is 10.5. The van der Waals surface area contributed by atoms with E-state index in [0.717, 1.165) is 12.8 Å². The molecule has 90 valence electrons. The van der Waals surface area contributed by atoms with Gasteiger partial charge in [-0.1, -0.05) is 0 Å². The van der Waals surface area contributed by atoms with E-state index in [9.17, 15) is 19.2 Å². The van der Waals surface area contributed by atoms with E-state index >= 15 is 0 Å². The Morgan fingerprint density at radius 3 is 0.941 bits per heavy atom. The van der Waals surface area contributed by atoms with Crippen molar-refractivity contribution >= 4 is 23.1 Å². The van der Waals surface area contributed by atoms with Crippen molar-refractivity contribution in [3.63, 3.8) is 0 Å². The molecule has 0 aromatic carbocycles. The predicted octanol–water partition coefficient (Wildman–Crippen LogP) is -1.49. The molecule has 2 saturated carbocycles. The molecule has 4 nitrogen and oxygen atoms in total. The van der Waals surface area contributed by atoms with Crippen LogP contribution in [0.3, 0.4) is 0 Å². The molecule has 0 amide bonds. The van der Waals surface area contributed by atoms with Crippen molar-refractivity contribution < 1.29 is 50.2 Å². The Bertz CT molecular complexity index is 268. The van der Waals surface area contributed by atoms with Gasteiger partial charge in [-0.2, -0.15) is 0 Å². The Morgan fingerprint density at radius 2 is 0.824 bits per heavy atom. The van der Waals surface area contributed by atoms with Crippen molar-refractivity contribution in [3.05, 3.63) is 0 Å². The topological polar surface area (TPSA) is 68.3 Å². The average molecular weight is 248 g/mol. The molecule has 5 heteroatoms. The van der Waals surface area contributed by atoms with Gasteiger partial charge in [0.25, 0.3) is 0 Å². The van der Waals surface area contributed by atoms with E-state index in [1.165, 1.54) is 0 Å². The van der Waals surface area contributed by atoms with E-state index < -0.39 is 0 Å². The Kier molecular flexibility index (Phi) is 8.56. The predicted molar refractivity (Wildman–Crippen MR) is 58.1 cm³/mol. The van der Waals surface area contributed by atoms with Crippen LogP contribution in [-0.2, 0) is 19.2 Å². The quantitative estimate of drug-likeness (QED) is 0.387. The Hall–Kier alpha value is -0.320. The first-order chi connectivity index (χ1) is 7.58. The zero-order valence-electron chi connectivity index (χ0n) is 11.3. The average Bonchev–Trinajstić information content (AvgIpc) is 2.17. The first kappa shape index (κ1) is 16.7. The SMILES string of the molecule is O=C1CCCC(=O)C1.O=C1CCCC(=O)C1.[H-].[Na+]. The van der Waals surface area contributed by atoms with Crippen LogP contribution < -0.4 is 29.6 Å². The zero-order valence-corrected chi connectivity index (χ0v) is 12.3. The number of carbonyl (C=O) groups excluding carboxylic acids is 4. The van der Waals surface area contributed by atoms with Gasteiger partial charge in [0.2, 0.25) is 0 Å². The molecule has 17 heavy (non-hydrogen) atoms. The molecule has 0 radical (unpaired) electrons. The fraction of sp³-hybridized carbons (Fsp3) is 0.667. The van der Waals surface area contributed by atoms with Gasteiger partial charge >= 0.3 is 29.6 Å². The second-order valence-corrected chi connectivity index (χ2v) is 4.22. The minimum Gasteiger partial charge on any atom is -1.00 e. The van der Waals surface area contributed by atoms with Gasteiger partial charge in [-0.3, -0.25) is 19.2 Å². The summed E-state index contributed by atoms with van der Waals surface area (Å²) in [5.41, 5.74) is 0. The zero-order chi connectivity index (χ0) is 12.0. The van der Waals surface area contributed by atoms with Crippen LogP contribution in [0.2, 0.25) is 0 Å². The summed E-state index contributed by atoms with van der Waals surface area (Å²) in [6.45, 7) is 0. The van der Waals surface area contributed by atoms with Crippen molar-refractivity contribution in [2.75, 3.05) is 0 Å². The molecule has 2 aliphatic carbocycles. The van der Waals surface area contributed by atoms with Crippen molar-refractivity contribution in [2.45, 2.75) is 51.4 Å². The molecule has 0 spiro atoms. The van der Waals surface area contributed by atoms with Gasteiger partial charge in [-0.05, 0) is 12.8 Å². The molecule has 0 N–H and O–H groups in total. The van der Waals surface area contributed by atoms with Crippen LogP contribution in [-0.4, -0.2) is 23.1 Å². The summed E-state index contributed by atoms with van der Waals surface area (Å²) >= 11 is 0. The minimum atomic E-state index is 0. The Balaban J connectivity index is 0. The second-order valence-electron chi connectivity index (χ2n) is 4.22. The van der Waals surface area contributed by atoms with Crippen LogP contribution in [0.25, 0.3) is 0 Å². The molecule has 0 heterocycles. The van der Waals surface area contributed by atoms with Crippen molar-refractivity contribution in [1.29, 1.82) is 0 Å². The van der Waals surface area contributed by atoms with Gasteiger partial charge in [-0.25, -0.2) is 0 Å². The molecule has 2 aliphatic rings. The Morgan fingerprint density at radius 1 is 0.588 bits per heavy atom. The molecular weight excluding hydrogens is 231 g/mol. The van der Waals surface area contributed by atoms with Crippen LogP contribution in [0, 0.1) is 0 Å². The third-order valence-electron chi connectivity index (χ3n) is 2.61. The minimum absolute atomic E-state index is 0. The van der Waals surface area contributed by atoms with E-state index in [1.54, 1.807) is 0 Å². The maximum Gasteiger partial charge on any atom is 1.00 e. The van der Waals surface area contributed by atoms with Crippen LogP contribution in [0.15, 0.2) is 0 Å². The summed E-state index contributed by atoms with van der Waals surface area (Å²) in [5, 5.41) is 0. The first-order valence-electron chi connectivity index (χ1n) is 5.64. The number of carbonyl (C=O) groups is 4. The van der Waals surface area contributed by atoms with Crippen LogP contribution in [0.4, 0.5) is 0 Å². The molecular formula is C12H17NaO4. The number of hydrogen-bond acceptors (Lipinski definition) is 4. The number of Topliss-reactive ketones (excluding diaryl/α,β-unsaturated/α-hetero) is 4.